The molecule has 1 saturated carbocycles. The van der Waals surface area contributed by atoms with E-state index >= 15 is 0 Å². The maximum absolute atomic E-state index is 12.7. The van der Waals surface area contributed by atoms with Gasteiger partial charge in [-0.15, -0.1) is 0 Å². The quantitative estimate of drug-likeness (QED) is 0.925. The number of amides is 1. The first-order valence-corrected chi connectivity index (χ1v) is 7.53. The van der Waals surface area contributed by atoms with Crippen molar-refractivity contribution < 1.29 is 19.4 Å². The van der Waals surface area contributed by atoms with E-state index in [1.165, 1.54) is 11.8 Å². The van der Waals surface area contributed by atoms with Gasteiger partial charge in [-0.2, -0.15) is 0 Å². The van der Waals surface area contributed by atoms with Crippen LogP contribution in [0.15, 0.2) is 23.8 Å². The highest BCUT2D eigenvalue weighted by Gasteiger charge is 2.39. The van der Waals surface area contributed by atoms with Gasteiger partial charge >= 0.3 is 5.97 Å². The predicted molar refractivity (Wildman–Crippen MR) is 81.9 cm³/mol. The van der Waals surface area contributed by atoms with Crippen LogP contribution in [0.4, 0.5) is 0 Å². The first-order valence-electron chi connectivity index (χ1n) is 7.16. The van der Waals surface area contributed by atoms with Crippen molar-refractivity contribution in [2.24, 2.45) is 0 Å². The van der Waals surface area contributed by atoms with Gasteiger partial charge in [0.25, 0.3) is 5.91 Å². The number of carbonyl (C=O) groups is 2. The molecule has 0 bridgehead atoms. The molecule has 2 aliphatic rings. The maximum atomic E-state index is 12.7. The van der Waals surface area contributed by atoms with Crippen molar-refractivity contribution in [2.75, 3.05) is 6.61 Å². The van der Waals surface area contributed by atoms with Crippen LogP contribution in [0.2, 0.25) is 5.02 Å². The molecule has 116 valence electrons. The third-order valence-electron chi connectivity index (χ3n) is 3.91. The van der Waals surface area contributed by atoms with Gasteiger partial charge in [-0.05, 0) is 44.0 Å². The molecule has 3 rings (SSSR count). The molecule has 6 heteroatoms. The Morgan fingerprint density at radius 3 is 2.77 bits per heavy atom. The Kier molecular flexibility index (Phi) is 3.83. The lowest BCUT2D eigenvalue weighted by atomic mass is 10.1. The molecule has 1 aromatic carbocycles. The van der Waals surface area contributed by atoms with Gasteiger partial charge in [0.15, 0.2) is 0 Å². The maximum Gasteiger partial charge on any atom is 0.326 e. The molecule has 1 aliphatic heterocycles. The monoisotopic (exact) mass is 321 g/mol. The Bertz CT molecular complexity index is 666. The molecule has 1 amide bonds. The summed E-state index contributed by atoms with van der Waals surface area (Å²) in [4.78, 5) is 25.4. The van der Waals surface area contributed by atoms with E-state index in [1.54, 1.807) is 24.3 Å². The van der Waals surface area contributed by atoms with Gasteiger partial charge in [-0.1, -0.05) is 11.6 Å². The average molecular weight is 322 g/mol. The summed E-state index contributed by atoms with van der Waals surface area (Å²) in [6, 6.07) is 4.38. The number of fused-ring (bicyclic) bond motifs is 1. The Morgan fingerprint density at radius 1 is 1.41 bits per heavy atom. The molecule has 5 nitrogen and oxygen atoms in total. The molecule has 1 aliphatic carbocycles. The Balaban J connectivity index is 1.89. The molecule has 0 aromatic heterocycles. The number of hydrogen-bond acceptors (Lipinski definition) is 3. The lowest BCUT2D eigenvalue weighted by Gasteiger charge is -2.28. The van der Waals surface area contributed by atoms with Gasteiger partial charge in [-0.25, -0.2) is 4.79 Å². The minimum atomic E-state index is -0.999. The number of aliphatic carboxylic acids is 1. The lowest BCUT2D eigenvalue weighted by Crippen LogP contribution is -2.46. The number of halogens is 1. The molecule has 1 fully saturated rings. The number of rotatable bonds is 4. The van der Waals surface area contributed by atoms with E-state index in [2.05, 4.69) is 0 Å². The van der Waals surface area contributed by atoms with E-state index in [0.717, 1.165) is 18.4 Å². The average Bonchev–Trinajstić information content (AvgIpc) is 3.31. The minimum absolute atomic E-state index is 0.0141. The second-order valence-corrected chi connectivity index (χ2v) is 6.03. The standard InChI is InChI=1S/C16H16ClNO4/c1-9(16(20)21)18(13-3-4-13)15(19)11-6-10-7-12(17)2-5-14(10)22-8-11/h2,5-7,9,13H,3-4,8H2,1H3,(H,20,21). The van der Waals surface area contributed by atoms with E-state index in [1.807, 2.05) is 0 Å². The Hall–Kier alpha value is -2.01. The van der Waals surface area contributed by atoms with Crippen LogP contribution in [-0.2, 0) is 9.59 Å². The molecule has 1 aromatic rings. The van der Waals surface area contributed by atoms with Crippen LogP contribution in [0.3, 0.4) is 0 Å². The molecular formula is C16H16ClNO4. The van der Waals surface area contributed by atoms with Crippen molar-refractivity contribution in [1.82, 2.24) is 4.90 Å². The summed E-state index contributed by atoms with van der Waals surface area (Å²) in [5.41, 5.74) is 1.19. The summed E-state index contributed by atoms with van der Waals surface area (Å²) < 4.78 is 5.58. The van der Waals surface area contributed by atoms with Gasteiger partial charge in [0, 0.05) is 16.6 Å². The number of nitrogens with zero attached hydrogens (tertiary/aromatic N) is 1. The van der Waals surface area contributed by atoms with Crippen LogP contribution in [0, 0.1) is 0 Å². The van der Waals surface area contributed by atoms with Crippen LogP contribution < -0.4 is 4.74 Å². The van der Waals surface area contributed by atoms with E-state index < -0.39 is 12.0 Å². The topological polar surface area (TPSA) is 66.8 Å². The number of carboxylic acid groups (broad SMARTS) is 1. The van der Waals surface area contributed by atoms with Crippen LogP contribution in [0.25, 0.3) is 6.08 Å². The zero-order chi connectivity index (χ0) is 15.9. The number of carbonyl (C=O) groups excluding carboxylic acids is 1. The smallest absolute Gasteiger partial charge is 0.326 e. The molecule has 1 N–H and O–H groups in total. The number of hydrogen-bond donors (Lipinski definition) is 1. The summed E-state index contributed by atoms with van der Waals surface area (Å²) in [6.07, 6.45) is 3.43. The third-order valence-corrected chi connectivity index (χ3v) is 4.14. The first-order chi connectivity index (χ1) is 10.5. The van der Waals surface area contributed by atoms with Crippen molar-refractivity contribution >= 4 is 29.6 Å². The van der Waals surface area contributed by atoms with Crippen molar-refractivity contribution in [3.63, 3.8) is 0 Å². The van der Waals surface area contributed by atoms with Gasteiger partial charge in [-0.3, -0.25) is 4.79 Å². The SMILES string of the molecule is CC(C(=O)O)N(C(=O)C1=Cc2cc(Cl)ccc2OC1)C1CC1. The molecule has 1 unspecified atom stereocenters. The second-order valence-electron chi connectivity index (χ2n) is 5.60. The Labute approximate surface area is 133 Å². The summed E-state index contributed by atoms with van der Waals surface area (Å²) in [6.45, 7) is 1.68. The fraction of sp³-hybridized carbons (Fsp3) is 0.375. The predicted octanol–water partition coefficient (Wildman–Crippen LogP) is 2.58. The van der Waals surface area contributed by atoms with Gasteiger partial charge in [0.05, 0.1) is 5.57 Å². The highest BCUT2D eigenvalue weighted by molar-refractivity contribution is 6.30. The van der Waals surface area contributed by atoms with Crippen LogP contribution in [-0.4, -0.2) is 40.6 Å². The first kappa shape index (κ1) is 14.9. The van der Waals surface area contributed by atoms with Crippen LogP contribution in [0.5, 0.6) is 5.75 Å². The second kappa shape index (κ2) is 5.65. The lowest BCUT2D eigenvalue weighted by molar-refractivity contribution is -0.148. The minimum Gasteiger partial charge on any atom is -0.488 e. The highest BCUT2D eigenvalue weighted by Crippen LogP contribution is 2.33. The highest BCUT2D eigenvalue weighted by atomic mass is 35.5. The third kappa shape index (κ3) is 2.81. The molecule has 0 saturated heterocycles. The van der Waals surface area contributed by atoms with Gasteiger partial charge < -0.3 is 14.7 Å². The van der Waals surface area contributed by atoms with E-state index in [0.29, 0.717) is 16.3 Å². The fourth-order valence-electron chi connectivity index (χ4n) is 2.57. The molecule has 0 spiro atoms. The van der Waals surface area contributed by atoms with Crippen molar-refractivity contribution in [2.45, 2.75) is 31.8 Å². The largest absolute Gasteiger partial charge is 0.488 e. The van der Waals surface area contributed by atoms with Crippen molar-refractivity contribution in [1.29, 1.82) is 0 Å². The molecular weight excluding hydrogens is 306 g/mol. The van der Waals surface area contributed by atoms with E-state index in [-0.39, 0.29) is 18.6 Å². The zero-order valence-corrected chi connectivity index (χ0v) is 12.8. The Morgan fingerprint density at radius 2 is 2.14 bits per heavy atom. The van der Waals surface area contributed by atoms with Crippen LogP contribution in [0.1, 0.15) is 25.3 Å². The number of carboxylic acids is 1. The van der Waals surface area contributed by atoms with Crippen molar-refractivity contribution in [3.05, 3.63) is 34.4 Å². The molecule has 1 atom stereocenters. The normalized spacial score (nSPS) is 17.8. The van der Waals surface area contributed by atoms with Gasteiger partial charge in [0.1, 0.15) is 18.4 Å². The summed E-state index contributed by atoms with van der Waals surface area (Å²) in [5, 5.41) is 9.77. The number of benzene rings is 1. The summed E-state index contributed by atoms with van der Waals surface area (Å²) in [5.74, 6) is -0.603. The van der Waals surface area contributed by atoms with Gasteiger partial charge in [0.2, 0.25) is 0 Å². The summed E-state index contributed by atoms with van der Waals surface area (Å²) >= 11 is 5.96. The summed E-state index contributed by atoms with van der Waals surface area (Å²) in [7, 11) is 0. The molecule has 0 radical (unpaired) electrons. The molecule has 1 heterocycles. The van der Waals surface area contributed by atoms with Crippen LogP contribution >= 0.6 is 11.6 Å². The number of ether oxygens (including phenoxy) is 1. The van der Waals surface area contributed by atoms with E-state index in [4.69, 9.17) is 16.3 Å². The molecule has 22 heavy (non-hydrogen) atoms. The van der Waals surface area contributed by atoms with Crippen molar-refractivity contribution in [3.8, 4) is 5.75 Å². The fourth-order valence-corrected chi connectivity index (χ4v) is 2.75. The zero-order valence-electron chi connectivity index (χ0n) is 12.1. The van der Waals surface area contributed by atoms with E-state index in [9.17, 15) is 14.7 Å².